The molecule has 5 nitrogen and oxygen atoms in total. The van der Waals surface area contributed by atoms with Crippen molar-refractivity contribution in [2.75, 3.05) is 58.8 Å². The van der Waals surface area contributed by atoms with Crippen LogP contribution in [-0.4, -0.2) is 72.8 Å². The zero-order chi connectivity index (χ0) is 32.3. The highest BCUT2D eigenvalue weighted by atomic mass is 15.1. The molecule has 46 heavy (non-hydrogen) atoms. The van der Waals surface area contributed by atoms with Crippen molar-refractivity contribution in [1.82, 2.24) is 18.9 Å². The van der Waals surface area contributed by atoms with E-state index in [4.69, 9.17) is 0 Å². The van der Waals surface area contributed by atoms with Crippen molar-refractivity contribution in [3.05, 3.63) is 115 Å². The molecule has 0 N–H and O–H groups in total. The molecule has 0 spiro atoms. The van der Waals surface area contributed by atoms with E-state index in [1.807, 2.05) is 0 Å². The number of fused-ring (bicyclic) bond motifs is 5. The fourth-order valence-corrected chi connectivity index (χ4v) is 6.41. The number of hydrogen-bond acceptors (Lipinski definition) is 3. The average molecular weight is 616 g/mol. The number of para-hydroxylation sites is 4. The van der Waals surface area contributed by atoms with Crippen molar-refractivity contribution >= 4 is 38.4 Å². The molecule has 0 unspecified atom stereocenters. The summed E-state index contributed by atoms with van der Waals surface area (Å²) in [6, 6.07) is 36.2. The minimum absolute atomic E-state index is 1.21. The van der Waals surface area contributed by atoms with Crippen LogP contribution in [0.15, 0.2) is 109 Å². The predicted octanol–water partition coefficient (Wildman–Crippen LogP) is 8.61. The Balaban J connectivity index is 0.000000118. The third kappa shape index (κ3) is 8.60. The van der Waals surface area contributed by atoms with E-state index in [0.717, 1.165) is 0 Å². The van der Waals surface area contributed by atoms with E-state index in [0.29, 0.717) is 0 Å². The Bertz CT molecular complexity index is 1730. The van der Waals surface area contributed by atoms with Crippen molar-refractivity contribution in [3.8, 4) is 0 Å². The molecule has 3 aliphatic heterocycles. The van der Waals surface area contributed by atoms with Crippen LogP contribution >= 0.6 is 0 Å². The number of benzene rings is 4. The Kier molecular flexibility index (Phi) is 11.9. The Morgan fingerprint density at radius 3 is 1.50 bits per heavy atom. The zero-order valence-corrected chi connectivity index (χ0v) is 28.7. The van der Waals surface area contributed by atoms with E-state index in [2.05, 4.69) is 168 Å². The molecule has 0 atom stereocenters. The van der Waals surface area contributed by atoms with Crippen LogP contribution in [-0.2, 0) is 20.5 Å². The summed E-state index contributed by atoms with van der Waals surface area (Å²) >= 11 is 0. The first kappa shape index (κ1) is 33.3. The molecule has 0 bridgehead atoms. The Hall–Kier alpha value is -4.06. The van der Waals surface area contributed by atoms with E-state index in [1.54, 1.807) is 0 Å². The number of likely N-dealkylation sites (tertiary alicyclic amines) is 2. The van der Waals surface area contributed by atoms with E-state index >= 15 is 0 Å². The van der Waals surface area contributed by atoms with Crippen molar-refractivity contribution in [3.63, 3.8) is 0 Å². The molecule has 4 aromatic carbocycles. The van der Waals surface area contributed by atoms with Crippen molar-refractivity contribution in [2.45, 2.75) is 32.1 Å². The lowest BCUT2D eigenvalue weighted by atomic mass is 10.0. The van der Waals surface area contributed by atoms with Crippen molar-refractivity contribution < 1.29 is 0 Å². The second kappa shape index (κ2) is 16.5. The first-order valence-electron chi connectivity index (χ1n) is 17.0. The molecule has 0 amide bonds. The van der Waals surface area contributed by atoms with Gasteiger partial charge in [-0.15, -0.1) is 0 Å². The second-order valence-electron chi connectivity index (χ2n) is 12.9. The second-order valence-corrected chi connectivity index (χ2v) is 12.9. The summed E-state index contributed by atoms with van der Waals surface area (Å²) in [5.74, 6) is 0. The maximum Gasteiger partial charge on any atom is 0.0488 e. The van der Waals surface area contributed by atoms with Gasteiger partial charge in [0.2, 0.25) is 0 Å². The van der Waals surface area contributed by atoms with Gasteiger partial charge in [-0.05, 0) is 114 Å². The standard InChI is InChI=1S/C13H11N.C10H13N.C9H9N.C5H11N.C4H9N/c1-14-12-8-4-2-6-10(12)11-7-3-5-9-13(11)14;1-11-8-4-6-9-5-2-3-7-10(9)11;1-10-7-6-8-4-2-3-5-9(8)10;1-6-4-2-3-5-6;1-5-3-2-4-5/h2-9H,1H3;2-3,5,7H,4,6,8H2,1H3;2-7H,1H3;2-5H2,1H3;2-4H2,1H3. The van der Waals surface area contributed by atoms with Gasteiger partial charge in [0.15, 0.2) is 0 Å². The number of hydrogen-bond donors (Lipinski definition) is 0. The van der Waals surface area contributed by atoms with Gasteiger partial charge in [-0.3, -0.25) is 0 Å². The van der Waals surface area contributed by atoms with Crippen LogP contribution in [0.5, 0.6) is 0 Å². The van der Waals surface area contributed by atoms with Gasteiger partial charge in [-0.25, -0.2) is 0 Å². The Labute approximate surface area is 276 Å². The maximum atomic E-state index is 2.36. The molecule has 2 fully saturated rings. The smallest absolute Gasteiger partial charge is 0.0488 e. The highest BCUT2D eigenvalue weighted by molar-refractivity contribution is 6.07. The number of anilines is 1. The molecule has 2 saturated heterocycles. The molecule has 9 rings (SSSR count). The first-order chi connectivity index (χ1) is 22.4. The maximum absolute atomic E-state index is 2.36. The van der Waals surface area contributed by atoms with E-state index in [9.17, 15) is 0 Å². The van der Waals surface area contributed by atoms with Crippen LogP contribution in [0.1, 0.15) is 31.2 Å². The SMILES string of the molecule is CN1CCC1.CN1CCCC1.CN1CCCc2ccccc21.Cn1c2ccccc2c2ccccc21.Cn1ccc2ccccc21. The Morgan fingerprint density at radius 1 is 0.457 bits per heavy atom. The fourth-order valence-electron chi connectivity index (χ4n) is 6.41. The lowest BCUT2D eigenvalue weighted by molar-refractivity contribution is 0.229. The van der Waals surface area contributed by atoms with Gasteiger partial charge < -0.3 is 23.8 Å². The van der Waals surface area contributed by atoms with Gasteiger partial charge in [-0.2, -0.15) is 0 Å². The molecule has 5 heteroatoms. The molecule has 2 aromatic heterocycles. The average Bonchev–Trinajstić information content (AvgIpc) is 3.80. The Morgan fingerprint density at radius 2 is 0.978 bits per heavy atom. The lowest BCUT2D eigenvalue weighted by Crippen LogP contribution is -2.32. The summed E-state index contributed by atoms with van der Waals surface area (Å²) in [5, 5.41) is 3.99. The third-order valence-electron chi connectivity index (χ3n) is 9.37. The number of nitrogens with zero attached hydrogens (tertiary/aromatic N) is 5. The van der Waals surface area contributed by atoms with Gasteiger partial charge in [-0.1, -0.05) is 72.8 Å². The number of rotatable bonds is 0. The summed E-state index contributed by atoms with van der Waals surface area (Å²) in [7, 11) is 10.7. The van der Waals surface area contributed by atoms with Crippen LogP contribution in [0.2, 0.25) is 0 Å². The van der Waals surface area contributed by atoms with Gasteiger partial charge in [0.1, 0.15) is 0 Å². The van der Waals surface area contributed by atoms with Crippen LogP contribution in [0.3, 0.4) is 0 Å². The van der Waals surface area contributed by atoms with E-state index < -0.39 is 0 Å². The van der Waals surface area contributed by atoms with E-state index in [1.165, 1.54) is 109 Å². The normalized spacial score (nSPS) is 15.7. The topological polar surface area (TPSA) is 19.6 Å². The minimum atomic E-state index is 1.21. The van der Waals surface area contributed by atoms with E-state index in [-0.39, 0.29) is 0 Å². The van der Waals surface area contributed by atoms with Crippen molar-refractivity contribution in [1.29, 1.82) is 0 Å². The highest BCUT2D eigenvalue weighted by Gasteiger charge is 2.11. The number of aromatic nitrogens is 2. The molecule has 0 radical (unpaired) electrons. The summed E-state index contributed by atoms with van der Waals surface area (Å²) in [5.41, 5.74) is 6.81. The quantitative estimate of drug-likeness (QED) is 0.171. The molecule has 6 aromatic rings. The van der Waals surface area contributed by atoms with Crippen LogP contribution in [0.4, 0.5) is 5.69 Å². The first-order valence-corrected chi connectivity index (χ1v) is 17.0. The minimum Gasteiger partial charge on any atom is -0.374 e. The predicted molar refractivity (Wildman–Crippen MR) is 200 cm³/mol. The molecule has 0 saturated carbocycles. The van der Waals surface area contributed by atoms with Crippen LogP contribution in [0, 0.1) is 0 Å². The lowest BCUT2D eigenvalue weighted by Gasteiger charge is -2.26. The van der Waals surface area contributed by atoms with Crippen molar-refractivity contribution in [2.24, 2.45) is 14.1 Å². The zero-order valence-electron chi connectivity index (χ0n) is 28.7. The van der Waals surface area contributed by atoms with Crippen LogP contribution < -0.4 is 4.90 Å². The summed E-state index contributed by atoms with van der Waals surface area (Å²) in [4.78, 5) is 7.00. The summed E-state index contributed by atoms with van der Waals surface area (Å²) in [6.07, 6.45) is 8.86. The molecule has 3 aliphatic rings. The fraction of sp³-hybridized carbons (Fsp3) is 0.366. The third-order valence-corrected chi connectivity index (χ3v) is 9.37. The monoisotopic (exact) mass is 615 g/mol. The molecule has 242 valence electrons. The molecule has 0 aliphatic carbocycles. The molecular formula is C41H53N5. The summed E-state index contributed by atoms with van der Waals surface area (Å²) in [6.45, 7) is 6.48. The largest absolute Gasteiger partial charge is 0.374 e. The highest BCUT2D eigenvalue weighted by Crippen LogP contribution is 2.27. The molecule has 5 heterocycles. The molecular weight excluding hydrogens is 562 g/mol. The van der Waals surface area contributed by atoms with Gasteiger partial charge in [0, 0.05) is 66.9 Å². The van der Waals surface area contributed by atoms with Crippen LogP contribution in [0.25, 0.3) is 32.7 Å². The number of aryl methyl sites for hydroxylation is 3. The van der Waals surface area contributed by atoms with Gasteiger partial charge in [0.25, 0.3) is 0 Å². The van der Waals surface area contributed by atoms with Gasteiger partial charge in [0.05, 0.1) is 0 Å². The summed E-state index contributed by atoms with van der Waals surface area (Å²) < 4.78 is 4.36. The van der Waals surface area contributed by atoms with Gasteiger partial charge >= 0.3 is 0 Å².